The Bertz CT molecular complexity index is 374. The average Bonchev–Trinajstić information content (AvgIpc) is 2.29. The number of ether oxygens (including phenoxy) is 1. The molecule has 1 amide bonds. The highest BCUT2D eigenvalue weighted by molar-refractivity contribution is 5.94. The zero-order valence-corrected chi connectivity index (χ0v) is 11.0. The van der Waals surface area contributed by atoms with Crippen LogP contribution in [0.4, 0.5) is 0 Å². The van der Waals surface area contributed by atoms with Crippen LogP contribution < -0.4 is 5.32 Å². The first kappa shape index (κ1) is 13.7. The van der Waals surface area contributed by atoms with E-state index in [1.165, 1.54) is 0 Å². The monoisotopic (exact) mass is 235 g/mol. The molecule has 0 bridgehead atoms. The van der Waals surface area contributed by atoms with Gasteiger partial charge in [0.2, 0.25) is 0 Å². The lowest BCUT2D eigenvalue weighted by atomic mass is 10.1. The zero-order chi connectivity index (χ0) is 12.8. The molecule has 0 unspecified atom stereocenters. The highest BCUT2D eigenvalue weighted by Crippen LogP contribution is 2.08. The fraction of sp³-hybridized carbons (Fsp3) is 0.500. The van der Waals surface area contributed by atoms with Gasteiger partial charge in [-0.15, -0.1) is 0 Å². The van der Waals surface area contributed by atoms with E-state index in [2.05, 4.69) is 19.2 Å². The second-order valence-corrected chi connectivity index (χ2v) is 4.64. The summed E-state index contributed by atoms with van der Waals surface area (Å²) < 4.78 is 5.05. The summed E-state index contributed by atoms with van der Waals surface area (Å²) in [5, 5.41) is 2.99. The number of rotatable bonds is 5. The summed E-state index contributed by atoms with van der Waals surface area (Å²) in [6.45, 7) is 6.72. The molecule has 1 aromatic rings. The van der Waals surface area contributed by atoms with Crippen molar-refractivity contribution in [3.63, 3.8) is 0 Å². The van der Waals surface area contributed by atoms with Crippen LogP contribution in [0.25, 0.3) is 0 Å². The normalized spacial score (nSPS) is 12.5. The van der Waals surface area contributed by atoms with Gasteiger partial charge in [0, 0.05) is 18.7 Å². The van der Waals surface area contributed by atoms with Gasteiger partial charge in [0.05, 0.1) is 6.61 Å². The molecule has 0 saturated carbocycles. The van der Waals surface area contributed by atoms with E-state index >= 15 is 0 Å². The zero-order valence-electron chi connectivity index (χ0n) is 11.0. The summed E-state index contributed by atoms with van der Waals surface area (Å²) in [5.41, 5.74) is 1.70. The number of benzene rings is 1. The maximum atomic E-state index is 12.0. The van der Waals surface area contributed by atoms with E-state index in [1.54, 1.807) is 7.11 Å². The second kappa shape index (κ2) is 6.40. The number of amides is 1. The predicted octanol–water partition coefficient (Wildman–Crippen LogP) is 2.61. The first-order chi connectivity index (χ1) is 8.04. The first-order valence-electron chi connectivity index (χ1n) is 5.93. The lowest BCUT2D eigenvalue weighted by molar-refractivity contribution is 0.0930. The number of hydrogen-bond acceptors (Lipinski definition) is 2. The van der Waals surface area contributed by atoms with E-state index in [9.17, 15) is 4.79 Å². The number of nitrogens with one attached hydrogen (secondary N) is 1. The lowest BCUT2D eigenvalue weighted by Gasteiger charge is -2.17. The second-order valence-electron chi connectivity index (χ2n) is 4.64. The van der Waals surface area contributed by atoms with E-state index < -0.39 is 0 Å². The van der Waals surface area contributed by atoms with Crippen molar-refractivity contribution >= 4 is 5.91 Å². The third kappa shape index (κ3) is 4.19. The summed E-state index contributed by atoms with van der Waals surface area (Å²) in [6, 6.07) is 7.69. The maximum Gasteiger partial charge on any atom is 0.251 e. The van der Waals surface area contributed by atoms with Crippen molar-refractivity contribution in [2.75, 3.05) is 7.11 Å². The van der Waals surface area contributed by atoms with E-state index in [-0.39, 0.29) is 11.9 Å². The molecular formula is C14H21NO2. The maximum absolute atomic E-state index is 12.0. The Labute approximate surface area is 103 Å². The van der Waals surface area contributed by atoms with Crippen LogP contribution in [0.15, 0.2) is 24.3 Å². The Balaban J connectivity index is 2.71. The number of hydrogen-bond donors (Lipinski definition) is 1. The van der Waals surface area contributed by atoms with Crippen LogP contribution in [-0.4, -0.2) is 19.1 Å². The van der Waals surface area contributed by atoms with Crippen LogP contribution in [-0.2, 0) is 11.3 Å². The van der Waals surface area contributed by atoms with Gasteiger partial charge in [-0.1, -0.05) is 26.0 Å². The molecule has 0 radical (unpaired) electrons. The van der Waals surface area contributed by atoms with Gasteiger partial charge in [-0.25, -0.2) is 0 Å². The summed E-state index contributed by atoms with van der Waals surface area (Å²) in [6.07, 6.45) is 0. The lowest BCUT2D eigenvalue weighted by Crippen LogP contribution is -2.36. The van der Waals surface area contributed by atoms with Crippen molar-refractivity contribution in [1.29, 1.82) is 0 Å². The van der Waals surface area contributed by atoms with Crippen LogP contribution in [0.2, 0.25) is 0 Å². The van der Waals surface area contributed by atoms with Crippen LogP contribution >= 0.6 is 0 Å². The number of carbonyl (C=O) groups excluding carboxylic acids is 1. The van der Waals surface area contributed by atoms with Crippen molar-refractivity contribution in [2.24, 2.45) is 5.92 Å². The minimum atomic E-state index is -0.0239. The molecule has 1 atom stereocenters. The highest BCUT2D eigenvalue weighted by atomic mass is 16.5. The van der Waals surface area contributed by atoms with Crippen LogP contribution in [0.3, 0.4) is 0 Å². The fourth-order valence-electron chi connectivity index (χ4n) is 1.43. The van der Waals surface area contributed by atoms with Crippen molar-refractivity contribution in [2.45, 2.75) is 33.4 Å². The molecule has 1 N–H and O–H groups in total. The van der Waals surface area contributed by atoms with E-state index in [1.807, 2.05) is 31.2 Å². The van der Waals surface area contributed by atoms with Gasteiger partial charge in [0.15, 0.2) is 0 Å². The molecule has 3 nitrogen and oxygen atoms in total. The molecular weight excluding hydrogens is 214 g/mol. The van der Waals surface area contributed by atoms with Crippen molar-refractivity contribution in [1.82, 2.24) is 5.32 Å². The Morgan fingerprint density at radius 2 is 2.06 bits per heavy atom. The largest absolute Gasteiger partial charge is 0.380 e. The standard InChI is InChI=1S/C14H21NO2/c1-10(2)11(3)15-14(16)13-7-5-6-12(8-13)9-17-4/h5-8,10-11H,9H2,1-4H3,(H,15,16)/t11-/m1/s1. The van der Waals surface area contributed by atoms with Gasteiger partial charge in [-0.2, -0.15) is 0 Å². The number of carbonyl (C=O) groups is 1. The highest BCUT2D eigenvalue weighted by Gasteiger charge is 2.12. The van der Waals surface area contributed by atoms with Crippen molar-refractivity contribution < 1.29 is 9.53 Å². The smallest absolute Gasteiger partial charge is 0.251 e. The molecule has 94 valence electrons. The minimum Gasteiger partial charge on any atom is -0.380 e. The fourth-order valence-corrected chi connectivity index (χ4v) is 1.43. The van der Waals surface area contributed by atoms with Crippen LogP contribution in [0.1, 0.15) is 36.7 Å². The number of methoxy groups -OCH3 is 1. The third-order valence-corrected chi connectivity index (χ3v) is 2.86. The Kier molecular flexibility index (Phi) is 5.16. The van der Waals surface area contributed by atoms with Gasteiger partial charge in [-0.05, 0) is 30.5 Å². The quantitative estimate of drug-likeness (QED) is 0.852. The van der Waals surface area contributed by atoms with Crippen molar-refractivity contribution in [3.8, 4) is 0 Å². The molecule has 0 aliphatic carbocycles. The topological polar surface area (TPSA) is 38.3 Å². The van der Waals surface area contributed by atoms with Gasteiger partial charge in [-0.3, -0.25) is 4.79 Å². The Hall–Kier alpha value is -1.35. The molecule has 3 heteroatoms. The van der Waals surface area contributed by atoms with E-state index in [0.29, 0.717) is 18.1 Å². The molecule has 0 saturated heterocycles. The summed E-state index contributed by atoms with van der Waals surface area (Å²) in [7, 11) is 1.65. The van der Waals surface area contributed by atoms with Crippen LogP contribution in [0, 0.1) is 5.92 Å². The average molecular weight is 235 g/mol. The molecule has 0 aliphatic heterocycles. The Morgan fingerprint density at radius 3 is 2.65 bits per heavy atom. The Morgan fingerprint density at radius 1 is 1.35 bits per heavy atom. The van der Waals surface area contributed by atoms with E-state index in [0.717, 1.165) is 5.56 Å². The summed E-state index contributed by atoms with van der Waals surface area (Å²) in [4.78, 5) is 12.0. The van der Waals surface area contributed by atoms with Crippen molar-refractivity contribution in [3.05, 3.63) is 35.4 Å². The minimum absolute atomic E-state index is 0.0239. The first-order valence-corrected chi connectivity index (χ1v) is 5.93. The molecule has 1 rings (SSSR count). The van der Waals surface area contributed by atoms with Gasteiger partial charge < -0.3 is 10.1 Å². The SMILES string of the molecule is COCc1cccc(C(=O)N[C@H](C)C(C)C)c1. The molecule has 1 aromatic carbocycles. The van der Waals surface area contributed by atoms with Crippen LogP contribution in [0.5, 0.6) is 0 Å². The molecule has 0 fully saturated rings. The summed E-state index contributed by atoms with van der Waals surface area (Å²) >= 11 is 0. The molecule has 0 heterocycles. The third-order valence-electron chi connectivity index (χ3n) is 2.86. The van der Waals surface area contributed by atoms with Gasteiger partial charge >= 0.3 is 0 Å². The predicted molar refractivity (Wildman–Crippen MR) is 68.9 cm³/mol. The molecule has 17 heavy (non-hydrogen) atoms. The molecule has 0 spiro atoms. The van der Waals surface area contributed by atoms with Gasteiger partial charge in [0.25, 0.3) is 5.91 Å². The molecule has 0 aromatic heterocycles. The van der Waals surface area contributed by atoms with Gasteiger partial charge in [0.1, 0.15) is 0 Å². The summed E-state index contributed by atoms with van der Waals surface area (Å²) in [5.74, 6) is 0.408. The van der Waals surface area contributed by atoms with E-state index in [4.69, 9.17) is 4.74 Å². The molecule has 0 aliphatic rings.